The molecule has 5 heteroatoms. The first kappa shape index (κ1) is 13.8. The third-order valence-electron chi connectivity index (χ3n) is 2.70. The fourth-order valence-corrected chi connectivity index (χ4v) is 1.78. The van der Waals surface area contributed by atoms with Crippen molar-refractivity contribution in [3.63, 3.8) is 0 Å². The minimum Gasteiger partial charge on any atom is -0.382 e. The second-order valence-electron chi connectivity index (χ2n) is 4.03. The molecule has 0 radical (unpaired) electrons. The fraction of sp³-hybridized carbons (Fsp3) is 0.750. The van der Waals surface area contributed by atoms with Gasteiger partial charge in [-0.15, -0.1) is 6.42 Å². The van der Waals surface area contributed by atoms with Crippen LogP contribution in [0.5, 0.6) is 0 Å². The molecular formula is C12H20N2O3. The maximum Gasteiger partial charge on any atom is 0.318 e. The van der Waals surface area contributed by atoms with Gasteiger partial charge >= 0.3 is 6.03 Å². The van der Waals surface area contributed by atoms with E-state index in [1.165, 1.54) is 0 Å². The van der Waals surface area contributed by atoms with E-state index in [4.69, 9.17) is 15.9 Å². The number of amides is 2. The van der Waals surface area contributed by atoms with Gasteiger partial charge in [0.05, 0.1) is 26.4 Å². The molecule has 1 saturated heterocycles. The number of likely N-dealkylation sites (tertiary alicyclic amines) is 1. The molecule has 1 aliphatic heterocycles. The highest BCUT2D eigenvalue weighted by atomic mass is 16.5. The first-order valence-corrected chi connectivity index (χ1v) is 5.80. The van der Waals surface area contributed by atoms with Gasteiger partial charge in [-0.05, 0) is 6.42 Å². The number of nitrogens with zero attached hydrogens (tertiary/aromatic N) is 1. The Hall–Kier alpha value is -1.25. The number of methoxy groups -OCH3 is 1. The molecule has 1 N–H and O–H groups in total. The largest absolute Gasteiger partial charge is 0.382 e. The second-order valence-corrected chi connectivity index (χ2v) is 4.03. The lowest BCUT2D eigenvalue weighted by molar-refractivity contribution is 0.0532. The van der Waals surface area contributed by atoms with E-state index >= 15 is 0 Å². The summed E-state index contributed by atoms with van der Waals surface area (Å²) in [5.41, 5.74) is 0. The number of hydrogen-bond donors (Lipinski definition) is 1. The molecule has 2 amide bonds. The highest BCUT2D eigenvalue weighted by molar-refractivity contribution is 5.74. The Bertz CT molecular complexity index is 275. The van der Waals surface area contributed by atoms with E-state index in [1.54, 1.807) is 12.0 Å². The standard InChI is InChI=1S/C12H20N2O3/c1-3-5-13-12(15)14-6-4-11(9-14)10-17-8-7-16-2/h1,11H,4-10H2,2H3,(H,13,15). The Kier molecular flexibility index (Phi) is 6.45. The Labute approximate surface area is 102 Å². The zero-order valence-corrected chi connectivity index (χ0v) is 10.3. The first-order chi connectivity index (χ1) is 8.27. The molecule has 1 fully saturated rings. The number of terminal acetylenes is 1. The monoisotopic (exact) mass is 240 g/mol. The number of ether oxygens (including phenoxy) is 2. The van der Waals surface area contributed by atoms with E-state index in [9.17, 15) is 4.79 Å². The Morgan fingerprint density at radius 1 is 1.59 bits per heavy atom. The van der Waals surface area contributed by atoms with Crippen LogP contribution in [0, 0.1) is 18.3 Å². The van der Waals surface area contributed by atoms with Crippen LogP contribution in [0.2, 0.25) is 0 Å². The highest BCUT2D eigenvalue weighted by Gasteiger charge is 2.25. The van der Waals surface area contributed by atoms with Crippen LogP contribution in [0.4, 0.5) is 4.79 Å². The molecule has 96 valence electrons. The number of rotatable bonds is 6. The van der Waals surface area contributed by atoms with Crippen molar-refractivity contribution < 1.29 is 14.3 Å². The van der Waals surface area contributed by atoms with Crippen molar-refractivity contribution in [1.82, 2.24) is 10.2 Å². The summed E-state index contributed by atoms with van der Waals surface area (Å²) in [6, 6.07) is -0.0812. The quantitative estimate of drug-likeness (QED) is 0.537. The SMILES string of the molecule is C#CCNC(=O)N1CCC(COCCOC)C1. The molecule has 0 aromatic heterocycles. The van der Waals surface area contributed by atoms with Gasteiger partial charge < -0.3 is 19.7 Å². The van der Waals surface area contributed by atoms with E-state index < -0.39 is 0 Å². The zero-order chi connectivity index (χ0) is 12.5. The summed E-state index contributed by atoms with van der Waals surface area (Å²) >= 11 is 0. The molecule has 0 aliphatic carbocycles. The average Bonchev–Trinajstić information content (AvgIpc) is 2.80. The van der Waals surface area contributed by atoms with Crippen molar-refractivity contribution in [3.8, 4) is 12.3 Å². The third kappa shape index (κ3) is 5.07. The molecule has 0 aromatic carbocycles. The van der Waals surface area contributed by atoms with Gasteiger partial charge in [-0.3, -0.25) is 0 Å². The summed E-state index contributed by atoms with van der Waals surface area (Å²) in [4.78, 5) is 13.4. The van der Waals surface area contributed by atoms with E-state index in [0.717, 1.165) is 19.5 Å². The summed E-state index contributed by atoms with van der Waals surface area (Å²) in [5, 5.41) is 2.66. The van der Waals surface area contributed by atoms with E-state index in [-0.39, 0.29) is 12.6 Å². The van der Waals surface area contributed by atoms with Crippen LogP contribution in [-0.4, -0.2) is 57.5 Å². The third-order valence-corrected chi connectivity index (χ3v) is 2.70. The molecule has 0 bridgehead atoms. The zero-order valence-electron chi connectivity index (χ0n) is 10.3. The van der Waals surface area contributed by atoms with Gasteiger partial charge in [0, 0.05) is 26.1 Å². The summed E-state index contributed by atoms with van der Waals surface area (Å²) in [6.07, 6.45) is 6.06. The van der Waals surface area contributed by atoms with Gasteiger partial charge in [-0.2, -0.15) is 0 Å². The van der Waals surface area contributed by atoms with Gasteiger partial charge in [-0.25, -0.2) is 4.79 Å². The molecule has 1 aliphatic rings. The summed E-state index contributed by atoms with van der Waals surface area (Å²) < 4.78 is 10.3. The summed E-state index contributed by atoms with van der Waals surface area (Å²) in [7, 11) is 1.65. The van der Waals surface area contributed by atoms with Gasteiger partial charge in [0.25, 0.3) is 0 Å². The number of nitrogens with one attached hydrogen (secondary N) is 1. The van der Waals surface area contributed by atoms with Crippen LogP contribution in [0.1, 0.15) is 6.42 Å². The normalized spacial score (nSPS) is 19.1. The average molecular weight is 240 g/mol. The maximum absolute atomic E-state index is 11.6. The van der Waals surface area contributed by atoms with Crippen LogP contribution in [0.15, 0.2) is 0 Å². The maximum atomic E-state index is 11.6. The predicted molar refractivity (Wildman–Crippen MR) is 64.6 cm³/mol. The molecule has 1 heterocycles. The summed E-state index contributed by atoms with van der Waals surface area (Å²) in [5.74, 6) is 2.80. The van der Waals surface area contributed by atoms with Gasteiger partial charge in [0.2, 0.25) is 0 Å². The van der Waals surface area contributed by atoms with Crippen LogP contribution >= 0.6 is 0 Å². The van der Waals surface area contributed by atoms with Crippen molar-refractivity contribution in [1.29, 1.82) is 0 Å². The fourth-order valence-electron chi connectivity index (χ4n) is 1.78. The summed E-state index contributed by atoms with van der Waals surface area (Å²) in [6.45, 7) is 3.69. The van der Waals surface area contributed by atoms with Crippen molar-refractivity contribution >= 4 is 6.03 Å². The van der Waals surface area contributed by atoms with E-state index in [1.807, 2.05) is 0 Å². The number of hydrogen-bond acceptors (Lipinski definition) is 3. The molecule has 0 saturated carbocycles. The Balaban J connectivity index is 2.14. The van der Waals surface area contributed by atoms with E-state index in [2.05, 4.69) is 11.2 Å². The van der Waals surface area contributed by atoms with Crippen LogP contribution in [-0.2, 0) is 9.47 Å². The van der Waals surface area contributed by atoms with Crippen LogP contribution in [0.3, 0.4) is 0 Å². The van der Waals surface area contributed by atoms with Crippen LogP contribution in [0.25, 0.3) is 0 Å². The lowest BCUT2D eigenvalue weighted by Gasteiger charge is -2.16. The van der Waals surface area contributed by atoms with Crippen molar-refractivity contribution in [3.05, 3.63) is 0 Å². The van der Waals surface area contributed by atoms with Crippen molar-refractivity contribution in [2.24, 2.45) is 5.92 Å². The molecular weight excluding hydrogens is 220 g/mol. The first-order valence-electron chi connectivity index (χ1n) is 5.80. The number of carbonyl (C=O) groups is 1. The van der Waals surface area contributed by atoms with Gasteiger partial charge in [0.15, 0.2) is 0 Å². The van der Waals surface area contributed by atoms with Crippen molar-refractivity contribution in [2.75, 3.05) is 46.6 Å². The topological polar surface area (TPSA) is 50.8 Å². The minimum absolute atomic E-state index is 0.0812. The smallest absolute Gasteiger partial charge is 0.318 e. The molecule has 1 rings (SSSR count). The molecule has 1 atom stereocenters. The van der Waals surface area contributed by atoms with E-state index in [0.29, 0.717) is 25.7 Å². The van der Waals surface area contributed by atoms with Crippen LogP contribution < -0.4 is 5.32 Å². The highest BCUT2D eigenvalue weighted by Crippen LogP contribution is 2.16. The lowest BCUT2D eigenvalue weighted by atomic mass is 10.1. The molecule has 5 nitrogen and oxygen atoms in total. The lowest BCUT2D eigenvalue weighted by Crippen LogP contribution is -2.38. The number of urea groups is 1. The molecule has 1 unspecified atom stereocenters. The Morgan fingerprint density at radius 2 is 2.41 bits per heavy atom. The Morgan fingerprint density at radius 3 is 3.12 bits per heavy atom. The second kappa shape index (κ2) is 7.93. The molecule has 17 heavy (non-hydrogen) atoms. The van der Waals surface area contributed by atoms with Gasteiger partial charge in [-0.1, -0.05) is 5.92 Å². The van der Waals surface area contributed by atoms with Gasteiger partial charge in [0.1, 0.15) is 0 Å². The molecule has 0 spiro atoms. The predicted octanol–water partition coefficient (Wildman–Crippen LogP) is 0.314. The number of carbonyl (C=O) groups excluding carboxylic acids is 1. The minimum atomic E-state index is -0.0812. The molecule has 0 aromatic rings. The van der Waals surface area contributed by atoms with Crippen molar-refractivity contribution in [2.45, 2.75) is 6.42 Å².